The number of carbonyl (C=O) groups is 1. The largest absolute Gasteiger partial charge is 0.392 e. The van der Waals surface area contributed by atoms with Gasteiger partial charge >= 0.3 is 0 Å². The van der Waals surface area contributed by atoms with Crippen LogP contribution in [-0.4, -0.2) is 16.9 Å². The molecule has 2 rings (SSSR count). The molecule has 0 aliphatic heterocycles. The Balaban J connectivity index is 1.90. The molecule has 0 heterocycles. The lowest BCUT2D eigenvalue weighted by Gasteiger charge is -2.27. The smallest absolute Gasteiger partial charge is 0.248 e. The molecule has 0 atom stereocenters. The summed E-state index contributed by atoms with van der Waals surface area (Å²) < 4.78 is 26.0. The lowest BCUT2D eigenvalue weighted by Crippen LogP contribution is -2.31. The van der Waals surface area contributed by atoms with E-state index in [0.717, 1.165) is 5.56 Å². The number of rotatable bonds is 3. The molecule has 0 spiro atoms. The summed E-state index contributed by atoms with van der Waals surface area (Å²) in [4.78, 5) is 11.9. The Kier molecular flexibility index (Phi) is 4.14. The maximum Gasteiger partial charge on any atom is 0.248 e. The normalized spacial score (nSPS) is 19.1. The van der Waals surface area contributed by atoms with Gasteiger partial charge in [0.25, 0.3) is 0 Å². The summed E-state index contributed by atoms with van der Waals surface area (Å²) in [5.41, 5.74) is 1.38. The van der Waals surface area contributed by atoms with E-state index in [1.807, 2.05) is 0 Å². The number of carbonyl (C=O) groups excluding carboxylic acids is 1. The summed E-state index contributed by atoms with van der Waals surface area (Å²) in [6.45, 7) is -0.0497. The molecular weight excluding hydrogens is 252 g/mol. The van der Waals surface area contributed by atoms with Crippen LogP contribution in [-0.2, 0) is 11.4 Å². The SMILES string of the molecule is O=C(Nc1ccc(CO)cc1)C1CCC(F)(F)CC1. The molecule has 3 nitrogen and oxygen atoms in total. The molecule has 19 heavy (non-hydrogen) atoms. The van der Waals surface area contributed by atoms with Gasteiger partial charge < -0.3 is 10.4 Å². The summed E-state index contributed by atoms with van der Waals surface area (Å²) in [6, 6.07) is 6.82. The van der Waals surface area contributed by atoms with E-state index in [1.54, 1.807) is 24.3 Å². The number of hydrogen-bond acceptors (Lipinski definition) is 2. The second-order valence-corrected chi connectivity index (χ2v) is 4.97. The molecular formula is C14H17F2NO2. The molecule has 0 saturated heterocycles. The molecule has 2 N–H and O–H groups in total. The fourth-order valence-electron chi connectivity index (χ4n) is 2.24. The highest BCUT2D eigenvalue weighted by Gasteiger charge is 2.37. The van der Waals surface area contributed by atoms with Crippen molar-refractivity contribution >= 4 is 11.6 Å². The maximum atomic E-state index is 13.0. The highest BCUT2D eigenvalue weighted by molar-refractivity contribution is 5.92. The topological polar surface area (TPSA) is 49.3 Å². The first-order valence-corrected chi connectivity index (χ1v) is 6.39. The number of amides is 1. The minimum absolute atomic E-state index is 0.0497. The molecule has 0 aromatic heterocycles. The minimum Gasteiger partial charge on any atom is -0.392 e. The summed E-state index contributed by atoms with van der Waals surface area (Å²) in [5.74, 6) is -3.15. The molecule has 1 fully saturated rings. The van der Waals surface area contributed by atoms with Crippen molar-refractivity contribution in [3.63, 3.8) is 0 Å². The van der Waals surface area contributed by atoms with Crippen LogP contribution in [0.25, 0.3) is 0 Å². The zero-order valence-corrected chi connectivity index (χ0v) is 10.5. The molecule has 104 valence electrons. The summed E-state index contributed by atoms with van der Waals surface area (Å²) in [7, 11) is 0. The standard InChI is InChI=1S/C14H17F2NO2/c15-14(16)7-5-11(6-8-14)13(19)17-12-3-1-10(9-18)2-4-12/h1-4,11,18H,5-9H2,(H,17,19). The van der Waals surface area contributed by atoms with Gasteiger partial charge in [-0.3, -0.25) is 4.79 Å². The average molecular weight is 269 g/mol. The van der Waals surface area contributed by atoms with E-state index in [9.17, 15) is 13.6 Å². The second-order valence-electron chi connectivity index (χ2n) is 4.97. The van der Waals surface area contributed by atoms with E-state index >= 15 is 0 Å². The van der Waals surface area contributed by atoms with Crippen LogP contribution >= 0.6 is 0 Å². The van der Waals surface area contributed by atoms with Crippen molar-refractivity contribution in [2.75, 3.05) is 5.32 Å². The van der Waals surface area contributed by atoms with Crippen LogP contribution in [0.5, 0.6) is 0 Å². The summed E-state index contributed by atoms with van der Waals surface area (Å²) >= 11 is 0. The lowest BCUT2D eigenvalue weighted by molar-refractivity contribution is -0.124. The van der Waals surface area contributed by atoms with E-state index in [2.05, 4.69) is 5.32 Å². The van der Waals surface area contributed by atoms with Crippen LogP contribution in [0, 0.1) is 5.92 Å². The van der Waals surface area contributed by atoms with Crippen molar-refractivity contribution in [1.29, 1.82) is 0 Å². The molecule has 1 saturated carbocycles. The van der Waals surface area contributed by atoms with Crippen molar-refractivity contribution < 1.29 is 18.7 Å². The minimum atomic E-state index is -2.61. The highest BCUT2D eigenvalue weighted by Crippen LogP contribution is 2.36. The first-order valence-electron chi connectivity index (χ1n) is 6.39. The van der Waals surface area contributed by atoms with E-state index in [-0.39, 0.29) is 44.1 Å². The molecule has 0 radical (unpaired) electrons. The van der Waals surface area contributed by atoms with Crippen LogP contribution < -0.4 is 5.32 Å². The predicted octanol–water partition coefficient (Wildman–Crippen LogP) is 2.94. The first kappa shape index (κ1) is 13.9. The van der Waals surface area contributed by atoms with Gasteiger partial charge in [-0.2, -0.15) is 0 Å². The summed E-state index contributed by atoms with van der Waals surface area (Å²) in [5, 5.41) is 11.6. The molecule has 1 aliphatic carbocycles. The number of aliphatic hydroxyl groups excluding tert-OH is 1. The molecule has 0 bridgehead atoms. The van der Waals surface area contributed by atoms with E-state index in [0.29, 0.717) is 5.69 Å². The third-order valence-electron chi connectivity index (χ3n) is 3.49. The van der Waals surface area contributed by atoms with Gasteiger partial charge in [0.15, 0.2) is 0 Å². The van der Waals surface area contributed by atoms with Crippen molar-refractivity contribution in [1.82, 2.24) is 0 Å². The van der Waals surface area contributed by atoms with Gasteiger partial charge in [-0.15, -0.1) is 0 Å². The number of nitrogens with one attached hydrogen (secondary N) is 1. The number of anilines is 1. The van der Waals surface area contributed by atoms with Crippen molar-refractivity contribution in [3.05, 3.63) is 29.8 Å². The molecule has 5 heteroatoms. The van der Waals surface area contributed by atoms with Gasteiger partial charge in [0, 0.05) is 24.4 Å². The van der Waals surface area contributed by atoms with Crippen LogP contribution in [0.1, 0.15) is 31.2 Å². The van der Waals surface area contributed by atoms with Gasteiger partial charge in [0.2, 0.25) is 11.8 Å². The maximum absolute atomic E-state index is 13.0. The Bertz CT molecular complexity index is 435. The van der Waals surface area contributed by atoms with Crippen LogP contribution in [0.4, 0.5) is 14.5 Å². The van der Waals surface area contributed by atoms with Crippen LogP contribution in [0.3, 0.4) is 0 Å². The third kappa shape index (κ3) is 3.73. The van der Waals surface area contributed by atoms with Gasteiger partial charge in [-0.25, -0.2) is 8.78 Å². The van der Waals surface area contributed by atoms with Gasteiger partial charge in [-0.05, 0) is 30.5 Å². The molecule has 1 aliphatic rings. The molecule has 0 unspecified atom stereocenters. The molecule has 1 aromatic carbocycles. The number of hydrogen-bond donors (Lipinski definition) is 2. The van der Waals surface area contributed by atoms with E-state index in [4.69, 9.17) is 5.11 Å². The first-order chi connectivity index (χ1) is 9.00. The van der Waals surface area contributed by atoms with E-state index in [1.165, 1.54) is 0 Å². The number of benzene rings is 1. The quantitative estimate of drug-likeness (QED) is 0.886. The van der Waals surface area contributed by atoms with Crippen LogP contribution in [0.15, 0.2) is 24.3 Å². The summed E-state index contributed by atoms with van der Waals surface area (Å²) in [6.07, 6.45) is 0.0319. The predicted molar refractivity (Wildman–Crippen MR) is 67.9 cm³/mol. The number of aliphatic hydroxyl groups is 1. The monoisotopic (exact) mass is 269 g/mol. The number of alkyl halides is 2. The molecule has 1 aromatic rings. The average Bonchev–Trinajstić information content (AvgIpc) is 2.39. The van der Waals surface area contributed by atoms with Crippen molar-refractivity contribution in [2.45, 2.75) is 38.2 Å². The third-order valence-corrected chi connectivity index (χ3v) is 3.49. The molecule has 1 amide bonds. The Morgan fingerprint density at radius 2 is 1.84 bits per heavy atom. The Morgan fingerprint density at radius 1 is 1.26 bits per heavy atom. The van der Waals surface area contributed by atoms with E-state index < -0.39 is 5.92 Å². The van der Waals surface area contributed by atoms with Gasteiger partial charge in [-0.1, -0.05) is 12.1 Å². The second kappa shape index (κ2) is 5.65. The van der Waals surface area contributed by atoms with Gasteiger partial charge in [0.05, 0.1) is 6.61 Å². The zero-order valence-electron chi connectivity index (χ0n) is 10.5. The van der Waals surface area contributed by atoms with Crippen molar-refractivity contribution in [3.8, 4) is 0 Å². The Hall–Kier alpha value is -1.49. The van der Waals surface area contributed by atoms with Gasteiger partial charge in [0.1, 0.15) is 0 Å². The fraction of sp³-hybridized carbons (Fsp3) is 0.500. The Morgan fingerprint density at radius 3 is 2.37 bits per heavy atom. The lowest BCUT2D eigenvalue weighted by atomic mass is 9.86. The fourth-order valence-corrected chi connectivity index (χ4v) is 2.24. The highest BCUT2D eigenvalue weighted by atomic mass is 19.3. The van der Waals surface area contributed by atoms with Crippen molar-refractivity contribution in [2.24, 2.45) is 5.92 Å². The Labute approximate surface area is 110 Å². The number of halogens is 2. The van der Waals surface area contributed by atoms with Crippen LogP contribution in [0.2, 0.25) is 0 Å². The zero-order chi connectivity index (χ0) is 13.9.